The van der Waals surface area contributed by atoms with E-state index in [1.54, 1.807) is 11.0 Å². The third-order valence-electron chi connectivity index (χ3n) is 6.49. The predicted molar refractivity (Wildman–Crippen MR) is 111 cm³/mol. The van der Waals surface area contributed by atoms with Crippen LogP contribution in [0.5, 0.6) is 0 Å². The topological polar surface area (TPSA) is 76.5 Å². The summed E-state index contributed by atoms with van der Waals surface area (Å²) in [5, 5.41) is 2.92. The van der Waals surface area contributed by atoms with Crippen LogP contribution in [-0.4, -0.2) is 39.4 Å². The summed E-state index contributed by atoms with van der Waals surface area (Å²) >= 11 is 0. The number of carbonyl (C=O) groups is 2. The van der Waals surface area contributed by atoms with Gasteiger partial charge in [0.15, 0.2) is 0 Å². The number of amides is 2. The van der Waals surface area contributed by atoms with E-state index < -0.39 is 17.9 Å². The molecule has 2 aromatic rings. The minimum atomic E-state index is -4.51. The molecular formula is C23H23F3N4O3. The van der Waals surface area contributed by atoms with E-state index >= 15 is 0 Å². The van der Waals surface area contributed by atoms with Crippen molar-refractivity contribution in [2.75, 3.05) is 13.2 Å². The Morgan fingerprint density at radius 1 is 1.21 bits per heavy atom. The number of carbonyl (C=O) groups excluding carboxylic acids is 2. The molecule has 7 nitrogen and oxygen atoms in total. The van der Waals surface area contributed by atoms with Crippen molar-refractivity contribution >= 4 is 11.8 Å². The number of halogens is 3. The molecule has 0 unspecified atom stereocenters. The smallest absolute Gasteiger partial charge is 0.373 e. The number of nitrogens with zero attached hydrogens (tertiary/aromatic N) is 3. The van der Waals surface area contributed by atoms with Crippen LogP contribution in [0.3, 0.4) is 0 Å². The molecule has 174 valence electrons. The van der Waals surface area contributed by atoms with Crippen LogP contribution in [-0.2, 0) is 30.5 Å². The molecular weight excluding hydrogens is 437 g/mol. The first-order valence-corrected chi connectivity index (χ1v) is 10.9. The van der Waals surface area contributed by atoms with Gasteiger partial charge in [-0.3, -0.25) is 9.59 Å². The lowest BCUT2D eigenvalue weighted by atomic mass is 10.1. The molecule has 0 spiro atoms. The summed E-state index contributed by atoms with van der Waals surface area (Å²) in [6.07, 6.45) is -2.07. The van der Waals surface area contributed by atoms with Crippen LogP contribution in [0.4, 0.5) is 13.2 Å². The molecule has 1 saturated heterocycles. The van der Waals surface area contributed by atoms with Gasteiger partial charge in [0.25, 0.3) is 11.8 Å². The SMILES string of the molecule is C=C1CCCN1C(=O)c1cc(C(=O)N[C@@H]2CCc3nc(C(F)(F)F)ccc32)c2n1CCOC2. The number of hydrogen-bond donors (Lipinski definition) is 1. The van der Waals surface area contributed by atoms with Crippen LogP contribution in [0.1, 0.15) is 68.8 Å². The Morgan fingerprint density at radius 2 is 2.03 bits per heavy atom. The van der Waals surface area contributed by atoms with E-state index in [9.17, 15) is 22.8 Å². The van der Waals surface area contributed by atoms with Gasteiger partial charge in [0, 0.05) is 24.5 Å². The maximum Gasteiger partial charge on any atom is 0.433 e. The van der Waals surface area contributed by atoms with Crippen LogP contribution in [0, 0.1) is 0 Å². The van der Waals surface area contributed by atoms with Crippen molar-refractivity contribution in [3.8, 4) is 0 Å². The van der Waals surface area contributed by atoms with E-state index in [0.29, 0.717) is 60.7 Å². The second-order valence-corrected chi connectivity index (χ2v) is 8.52. The fourth-order valence-corrected chi connectivity index (χ4v) is 4.83. The summed E-state index contributed by atoms with van der Waals surface area (Å²) in [7, 11) is 0. The number of pyridine rings is 1. The molecule has 0 radical (unpaired) electrons. The van der Waals surface area contributed by atoms with E-state index in [4.69, 9.17) is 4.74 Å². The fraction of sp³-hybridized carbons (Fsp3) is 0.435. The first-order valence-electron chi connectivity index (χ1n) is 10.9. The number of allylic oxidation sites excluding steroid dienone is 1. The highest BCUT2D eigenvalue weighted by molar-refractivity contribution is 6.01. The number of hydrogen-bond acceptors (Lipinski definition) is 4. The Hall–Kier alpha value is -3.14. The van der Waals surface area contributed by atoms with Gasteiger partial charge in [0.2, 0.25) is 0 Å². The molecule has 2 amide bonds. The normalized spacial score (nSPS) is 20.0. The molecule has 1 fully saturated rings. The molecule has 0 saturated carbocycles. The molecule has 0 bridgehead atoms. The molecule has 10 heteroatoms. The Morgan fingerprint density at radius 3 is 2.76 bits per heavy atom. The summed E-state index contributed by atoms with van der Waals surface area (Å²) in [5.41, 5.74) is 2.16. The Bertz CT molecular complexity index is 1150. The van der Waals surface area contributed by atoms with Gasteiger partial charge in [-0.15, -0.1) is 0 Å². The summed E-state index contributed by atoms with van der Waals surface area (Å²) in [4.78, 5) is 31.8. The highest BCUT2D eigenvalue weighted by Crippen LogP contribution is 2.35. The largest absolute Gasteiger partial charge is 0.433 e. The minimum absolute atomic E-state index is 0.185. The number of nitrogens with one attached hydrogen (secondary N) is 1. The molecule has 4 heterocycles. The summed E-state index contributed by atoms with van der Waals surface area (Å²) in [6, 6.07) is 3.47. The van der Waals surface area contributed by atoms with Gasteiger partial charge in [-0.05, 0) is 43.4 Å². The Kier molecular flexibility index (Phi) is 5.27. The van der Waals surface area contributed by atoms with Crippen LogP contribution in [0.2, 0.25) is 0 Å². The number of rotatable bonds is 3. The highest BCUT2D eigenvalue weighted by Gasteiger charge is 2.36. The number of aromatic nitrogens is 2. The van der Waals surface area contributed by atoms with Crippen LogP contribution in [0.25, 0.3) is 0 Å². The second-order valence-electron chi connectivity index (χ2n) is 8.52. The van der Waals surface area contributed by atoms with Gasteiger partial charge in [-0.2, -0.15) is 13.2 Å². The van der Waals surface area contributed by atoms with Gasteiger partial charge >= 0.3 is 6.18 Å². The lowest BCUT2D eigenvalue weighted by Gasteiger charge is -2.22. The number of ether oxygens (including phenoxy) is 1. The molecule has 1 N–H and O–H groups in total. The summed E-state index contributed by atoms with van der Waals surface area (Å²) < 4.78 is 46.3. The van der Waals surface area contributed by atoms with E-state index in [0.717, 1.165) is 24.6 Å². The molecule has 3 aliphatic rings. The Labute approximate surface area is 188 Å². The van der Waals surface area contributed by atoms with Gasteiger partial charge in [0.1, 0.15) is 11.4 Å². The van der Waals surface area contributed by atoms with Crippen molar-refractivity contribution in [3.63, 3.8) is 0 Å². The first kappa shape index (κ1) is 21.7. The molecule has 1 aliphatic carbocycles. The summed E-state index contributed by atoms with van der Waals surface area (Å²) in [5.74, 6) is -0.573. The number of fused-ring (bicyclic) bond motifs is 2. The number of likely N-dealkylation sites (tertiary alicyclic amines) is 1. The molecule has 2 aliphatic heterocycles. The van der Waals surface area contributed by atoms with E-state index in [1.807, 2.05) is 4.57 Å². The van der Waals surface area contributed by atoms with Crippen molar-refractivity contribution in [3.05, 3.63) is 64.4 Å². The third kappa shape index (κ3) is 3.82. The standard InChI is InChI=1S/C23H23F3N4O3/c1-13-3-2-8-29(13)22(32)18-11-15(19-12-33-10-9-30(18)19)21(31)28-17-6-5-16-14(17)4-7-20(27-16)23(24,25)26/h4,7,11,17H,1-3,5-6,8-10,12H2,(H,28,31)/t17-/m1/s1. The van der Waals surface area contributed by atoms with Crippen molar-refractivity contribution in [1.29, 1.82) is 0 Å². The van der Waals surface area contributed by atoms with Gasteiger partial charge < -0.3 is 19.5 Å². The number of aryl methyl sites for hydroxylation is 1. The first-order chi connectivity index (χ1) is 15.7. The molecule has 2 aromatic heterocycles. The average molecular weight is 460 g/mol. The zero-order chi connectivity index (χ0) is 23.3. The van der Waals surface area contributed by atoms with Crippen LogP contribution < -0.4 is 5.32 Å². The molecule has 33 heavy (non-hydrogen) atoms. The molecule has 0 aromatic carbocycles. The van der Waals surface area contributed by atoms with Crippen molar-refractivity contribution < 1.29 is 27.5 Å². The van der Waals surface area contributed by atoms with Gasteiger partial charge in [-0.25, -0.2) is 4.98 Å². The second kappa shape index (κ2) is 8.02. The quantitative estimate of drug-likeness (QED) is 0.760. The molecule has 1 atom stereocenters. The highest BCUT2D eigenvalue weighted by atomic mass is 19.4. The van der Waals surface area contributed by atoms with Crippen molar-refractivity contribution in [2.45, 2.75) is 51.1 Å². The lowest BCUT2D eigenvalue weighted by molar-refractivity contribution is -0.141. The monoisotopic (exact) mass is 460 g/mol. The Balaban J connectivity index is 1.41. The van der Waals surface area contributed by atoms with E-state index in [1.165, 1.54) is 6.07 Å². The summed E-state index contributed by atoms with van der Waals surface area (Å²) in [6.45, 7) is 5.66. The van der Waals surface area contributed by atoms with Crippen molar-refractivity contribution in [2.24, 2.45) is 0 Å². The predicted octanol–water partition coefficient (Wildman–Crippen LogP) is 3.60. The van der Waals surface area contributed by atoms with Crippen LogP contribution in [0.15, 0.2) is 30.5 Å². The minimum Gasteiger partial charge on any atom is -0.373 e. The zero-order valence-electron chi connectivity index (χ0n) is 17.9. The van der Waals surface area contributed by atoms with Gasteiger partial charge in [0.05, 0.1) is 30.5 Å². The lowest BCUT2D eigenvalue weighted by Crippen LogP contribution is -2.30. The van der Waals surface area contributed by atoms with Gasteiger partial charge in [-0.1, -0.05) is 12.6 Å². The van der Waals surface area contributed by atoms with E-state index in [-0.39, 0.29) is 18.4 Å². The zero-order valence-corrected chi connectivity index (χ0v) is 17.9. The van der Waals surface area contributed by atoms with Crippen LogP contribution >= 0.6 is 0 Å². The number of alkyl halides is 3. The average Bonchev–Trinajstić information content (AvgIpc) is 3.49. The maximum absolute atomic E-state index is 13.2. The maximum atomic E-state index is 13.2. The molecule has 5 rings (SSSR count). The fourth-order valence-electron chi connectivity index (χ4n) is 4.83. The third-order valence-corrected chi connectivity index (χ3v) is 6.49. The van der Waals surface area contributed by atoms with Crippen molar-refractivity contribution in [1.82, 2.24) is 19.8 Å². The van der Waals surface area contributed by atoms with E-state index in [2.05, 4.69) is 16.9 Å².